The van der Waals surface area contributed by atoms with Crippen LogP contribution in [0.1, 0.15) is 29.0 Å². The van der Waals surface area contributed by atoms with E-state index in [1.165, 1.54) is 24.3 Å². The molecule has 1 aliphatic rings. The molecule has 6 heteroatoms. The first-order valence-corrected chi connectivity index (χ1v) is 9.00. The molecule has 0 spiro atoms. The average Bonchev–Trinajstić information content (AvgIpc) is 3.21. The van der Waals surface area contributed by atoms with E-state index in [0.717, 1.165) is 11.1 Å². The molecule has 0 bridgehead atoms. The second-order valence-electron chi connectivity index (χ2n) is 5.97. The van der Waals surface area contributed by atoms with E-state index in [2.05, 4.69) is 4.72 Å². The molecule has 0 heterocycles. The van der Waals surface area contributed by atoms with Gasteiger partial charge in [0.25, 0.3) is 0 Å². The predicted molar refractivity (Wildman–Crippen MR) is 84.4 cm³/mol. The summed E-state index contributed by atoms with van der Waals surface area (Å²) in [7, 11) is -3.62. The average molecular weight is 337 g/mol. The highest BCUT2D eigenvalue weighted by atomic mass is 32.2. The van der Waals surface area contributed by atoms with E-state index in [4.69, 9.17) is 0 Å². The predicted octanol–water partition coefficient (Wildman–Crippen LogP) is 3.25. The van der Waals surface area contributed by atoms with Gasteiger partial charge in [-0.25, -0.2) is 21.9 Å². The van der Waals surface area contributed by atoms with Gasteiger partial charge in [-0.1, -0.05) is 24.3 Å². The molecule has 0 saturated heterocycles. The summed E-state index contributed by atoms with van der Waals surface area (Å²) in [6, 6.07) is 10.3. The lowest BCUT2D eigenvalue weighted by molar-refractivity contribution is 0.573. The fraction of sp³-hybridized carbons (Fsp3) is 0.294. The Bertz CT molecular complexity index is 819. The smallest absolute Gasteiger partial charge is 0.212 e. The lowest BCUT2D eigenvalue weighted by Crippen LogP contribution is -2.28. The van der Waals surface area contributed by atoms with Crippen molar-refractivity contribution in [3.63, 3.8) is 0 Å². The van der Waals surface area contributed by atoms with Gasteiger partial charge in [0.05, 0.1) is 5.75 Å². The van der Waals surface area contributed by atoms with Crippen molar-refractivity contribution in [1.82, 2.24) is 4.72 Å². The molecule has 2 atom stereocenters. The van der Waals surface area contributed by atoms with Crippen LogP contribution < -0.4 is 4.72 Å². The van der Waals surface area contributed by atoms with Crippen molar-refractivity contribution in [2.24, 2.45) is 0 Å². The first-order valence-electron chi connectivity index (χ1n) is 7.34. The minimum absolute atomic E-state index is 0.0493. The van der Waals surface area contributed by atoms with Gasteiger partial charge < -0.3 is 0 Å². The van der Waals surface area contributed by atoms with Crippen molar-refractivity contribution in [1.29, 1.82) is 0 Å². The van der Waals surface area contributed by atoms with Crippen LogP contribution in [0.4, 0.5) is 8.78 Å². The third kappa shape index (κ3) is 3.95. The molecule has 3 rings (SSSR count). The van der Waals surface area contributed by atoms with Gasteiger partial charge in [0, 0.05) is 17.5 Å². The number of sulfonamides is 1. The molecule has 2 aromatic rings. The highest BCUT2D eigenvalue weighted by molar-refractivity contribution is 7.88. The van der Waals surface area contributed by atoms with E-state index >= 15 is 0 Å². The molecule has 1 saturated carbocycles. The lowest BCUT2D eigenvalue weighted by Gasteiger charge is -2.08. The van der Waals surface area contributed by atoms with Crippen LogP contribution in [0.25, 0.3) is 0 Å². The molecule has 0 amide bonds. The maximum absolute atomic E-state index is 13.8. The molecular formula is C17H17F2NO2S. The van der Waals surface area contributed by atoms with Gasteiger partial charge in [0.2, 0.25) is 10.0 Å². The van der Waals surface area contributed by atoms with E-state index in [0.29, 0.717) is 6.42 Å². The van der Waals surface area contributed by atoms with E-state index in [1.54, 1.807) is 25.1 Å². The third-order valence-corrected chi connectivity index (χ3v) is 5.33. The molecule has 0 aromatic heterocycles. The fourth-order valence-electron chi connectivity index (χ4n) is 2.65. The Labute approximate surface area is 134 Å². The van der Waals surface area contributed by atoms with Crippen molar-refractivity contribution >= 4 is 10.0 Å². The summed E-state index contributed by atoms with van der Waals surface area (Å²) in [6.07, 6.45) is 0.668. The molecule has 23 heavy (non-hydrogen) atoms. The maximum Gasteiger partial charge on any atom is 0.216 e. The number of hydrogen-bond donors (Lipinski definition) is 1. The van der Waals surface area contributed by atoms with Gasteiger partial charge in [-0.05, 0) is 42.7 Å². The van der Waals surface area contributed by atoms with E-state index in [1.807, 2.05) is 0 Å². The molecule has 3 nitrogen and oxygen atoms in total. The summed E-state index contributed by atoms with van der Waals surface area (Å²) in [6.45, 7) is 1.75. The first-order chi connectivity index (χ1) is 10.8. The van der Waals surface area contributed by atoms with Crippen LogP contribution in [-0.4, -0.2) is 14.5 Å². The van der Waals surface area contributed by atoms with Crippen LogP contribution in [0.15, 0.2) is 42.5 Å². The monoisotopic (exact) mass is 337 g/mol. The summed E-state index contributed by atoms with van der Waals surface area (Å²) in [5.74, 6) is -1.16. The van der Waals surface area contributed by atoms with Crippen molar-refractivity contribution in [3.05, 3.63) is 70.8 Å². The Hall–Kier alpha value is -1.79. The molecule has 1 aliphatic carbocycles. The Kier molecular flexibility index (Phi) is 4.21. The lowest BCUT2D eigenvalue weighted by atomic mass is 10.1. The van der Waals surface area contributed by atoms with Gasteiger partial charge in [0.1, 0.15) is 11.6 Å². The highest BCUT2D eigenvalue weighted by Gasteiger charge is 2.41. The molecule has 2 aromatic carbocycles. The Balaban J connectivity index is 1.65. The summed E-state index contributed by atoms with van der Waals surface area (Å²) in [4.78, 5) is 0. The van der Waals surface area contributed by atoms with Crippen LogP contribution in [0, 0.1) is 18.6 Å². The third-order valence-electron chi connectivity index (χ3n) is 3.97. The normalized spacial score (nSPS) is 20.5. The summed E-state index contributed by atoms with van der Waals surface area (Å²) in [5, 5.41) is 0. The molecule has 1 fully saturated rings. The largest absolute Gasteiger partial charge is 0.216 e. The van der Waals surface area contributed by atoms with E-state index in [-0.39, 0.29) is 29.1 Å². The Morgan fingerprint density at radius 1 is 1.13 bits per heavy atom. The quantitative estimate of drug-likeness (QED) is 0.910. The second kappa shape index (κ2) is 6.02. The van der Waals surface area contributed by atoms with Crippen molar-refractivity contribution < 1.29 is 17.2 Å². The number of hydrogen-bond acceptors (Lipinski definition) is 2. The minimum Gasteiger partial charge on any atom is -0.212 e. The van der Waals surface area contributed by atoms with Gasteiger partial charge in [-0.2, -0.15) is 0 Å². The van der Waals surface area contributed by atoms with Crippen LogP contribution in [0.2, 0.25) is 0 Å². The van der Waals surface area contributed by atoms with Crippen LogP contribution in [-0.2, 0) is 15.8 Å². The fourth-order valence-corrected chi connectivity index (χ4v) is 4.10. The van der Waals surface area contributed by atoms with Crippen LogP contribution >= 0.6 is 0 Å². The van der Waals surface area contributed by atoms with Gasteiger partial charge in [-0.15, -0.1) is 0 Å². The zero-order chi connectivity index (χ0) is 16.6. The van der Waals surface area contributed by atoms with Crippen molar-refractivity contribution in [3.8, 4) is 0 Å². The van der Waals surface area contributed by atoms with Crippen LogP contribution in [0.5, 0.6) is 0 Å². The molecule has 1 N–H and O–H groups in total. The molecule has 0 aliphatic heterocycles. The molecule has 0 unspecified atom stereocenters. The minimum atomic E-state index is -3.62. The number of benzene rings is 2. The summed E-state index contributed by atoms with van der Waals surface area (Å²) >= 11 is 0. The maximum atomic E-state index is 13.8. The number of halogens is 2. The standard InChI is InChI=1S/C17H17F2NO2S/c1-11-2-3-13(16(19)8-11)10-23(21,22)20-17-9-15(17)12-4-6-14(18)7-5-12/h2-8,15,17,20H,9-10H2,1H3/t15-,17+/m0/s1. The van der Waals surface area contributed by atoms with Crippen molar-refractivity contribution in [2.75, 3.05) is 0 Å². The highest BCUT2D eigenvalue weighted by Crippen LogP contribution is 2.41. The van der Waals surface area contributed by atoms with E-state index < -0.39 is 15.8 Å². The number of nitrogens with one attached hydrogen (secondary N) is 1. The van der Waals surface area contributed by atoms with Crippen LogP contribution in [0.3, 0.4) is 0 Å². The zero-order valence-corrected chi connectivity index (χ0v) is 13.4. The van der Waals surface area contributed by atoms with Gasteiger partial charge in [0.15, 0.2) is 0 Å². The van der Waals surface area contributed by atoms with E-state index in [9.17, 15) is 17.2 Å². The molecule has 0 radical (unpaired) electrons. The SMILES string of the molecule is Cc1ccc(CS(=O)(=O)N[C@@H]2C[C@H]2c2ccc(F)cc2)c(F)c1. The van der Waals surface area contributed by atoms with Gasteiger partial charge >= 0.3 is 0 Å². The number of aryl methyl sites for hydroxylation is 1. The first kappa shape index (κ1) is 16.1. The summed E-state index contributed by atoms with van der Waals surface area (Å²) < 4.78 is 53.6. The van der Waals surface area contributed by atoms with Crippen molar-refractivity contribution in [2.45, 2.75) is 31.1 Å². The second-order valence-corrected chi connectivity index (χ2v) is 7.73. The van der Waals surface area contributed by atoms with Gasteiger partial charge in [-0.3, -0.25) is 0 Å². The molecular weight excluding hydrogens is 320 g/mol. The molecule has 122 valence electrons. The summed E-state index contributed by atoms with van der Waals surface area (Å²) in [5.41, 5.74) is 1.80. The Morgan fingerprint density at radius 3 is 2.48 bits per heavy atom. The Morgan fingerprint density at radius 2 is 1.83 bits per heavy atom. The number of rotatable bonds is 5. The zero-order valence-electron chi connectivity index (χ0n) is 12.6. The topological polar surface area (TPSA) is 46.2 Å².